The monoisotopic (exact) mass is 718 g/mol. The molecule has 276 valence electrons. The van der Waals surface area contributed by atoms with E-state index in [2.05, 4.69) is 65.6 Å². The first-order valence-electron chi connectivity index (χ1n) is 17.8. The van der Waals surface area contributed by atoms with Crippen LogP contribution in [0.3, 0.4) is 0 Å². The molecular formula is C40H45F3N4O5. The van der Waals surface area contributed by atoms with E-state index in [0.29, 0.717) is 44.3 Å². The number of carboxylic acids is 1. The van der Waals surface area contributed by atoms with E-state index in [4.69, 9.17) is 15.0 Å². The highest BCUT2D eigenvalue weighted by molar-refractivity contribution is 5.93. The van der Waals surface area contributed by atoms with Gasteiger partial charge in [-0.25, -0.2) is 13.2 Å². The molecule has 1 saturated heterocycles. The summed E-state index contributed by atoms with van der Waals surface area (Å²) < 4.78 is 51.3. The SMILES string of the molecule is COCC(C)(C)c1ccc2c(c1N)Cc1ccccc1-2.O=C(N[C@@H]1CCN(C2CCCCC2)C[C@H]1C(=O)O)c1cc(-c2c(F)cc(F)cc2F)on1. The largest absolute Gasteiger partial charge is 0.481 e. The zero-order valence-corrected chi connectivity index (χ0v) is 29.7. The van der Waals surface area contributed by atoms with Crippen LogP contribution < -0.4 is 11.1 Å². The van der Waals surface area contributed by atoms with Crippen molar-refractivity contribution in [2.75, 3.05) is 32.5 Å². The standard InChI is InChI=1S/C22H24F3N3O4.C18H21NO/c23-12-8-15(24)20(16(25)9-12)19-10-18(27-32-19)21(29)26-17-6-7-28(11-14(17)22(30)31)13-4-2-1-3-5-13;1-18(2,11-20-3)16-9-8-14-13-7-5-4-6-12(13)10-15(14)17(16)19/h8-10,13-14,17H,1-7,11H2,(H,26,29)(H,30,31);4-9H,10-11,19H2,1-3H3/t14-,17-;/m1./s1. The van der Waals surface area contributed by atoms with Crippen molar-refractivity contribution < 1.29 is 37.1 Å². The molecule has 2 atom stereocenters. The summed E-state index contributed by atoms with van der Waals surface area (Å²) in [6, 6.07) is 14.7. The first-order chi connectivity index (χ1) is 24.9. The van der Waals surface area contributed by atoms with Crippen LogP contribution >= 0.6 is 0 Å². The number of piperidine rings is 1. The Bertz CT molecular complexity index is 1920. The van der Waals surface area contributed by atoms with Gasteiger partial charge in [0.1, 0.15) is 17.5 Å². The predicted molar refractivity (Wildman–Crippen MR) is 191 cm³/mol. The van der Waals surface area contributed by atoms with Crippen molar-refractivity contribution in [2.24, 2.45) is 5.92 Å². The molecule has 1 aromatic heterocycles. The van der Waals surface area contributed by atoms with Crippen molar-refractivity contribution >= 4 is 17.6 Å². The molecule has 9 nitrogen and oxygen atoms in total. The molecule has 1 saturated carbocycles. The van der Waals surface area contributed by atoms with Gasteiger partial charge in [0.05, 0.1) is 18.1 Å². The number of nitrogen functional groups attached to an aromatic ring is 1. The predicted octanol–water partition coefficient (Wildman–Crippen LogP) is 7.36. The average Bonchev–Trinajstić information content (AvgIpc) is 3.75. The molecule has 7 rings (SSSR count). The van der Waals surface area contributed by atoms with Crippen molar-refractivity contribution in [2.45, 2.75) is 76.3 Å². The summed E-state index contributed by atoms with van der Waals surface area (Å²) in [5, 5.41) is 15.9. The van der Waals surface area contributed by atoms with E-state index in [1.807, 2.05) is 0 Å². The van der Waals surface area contributed by atoms with Crippen molar-refractivity contribution in [3.63, 3.8) is 0 Å². The van der Waals surface area contributed by atoms with Gasteiger partial charge in [-0.2, -0.15) is 0 Å². The number of methoxy groups -OCH3 is 1. The molecule has 12 heteroatoms. The molecule has 0 unspecified atom stereocenters. The first-order valence-corrected chi connectivity index (χ1v) is 17.8. The smallest absolute Gasteiger partial charge is 0.309 e. The van der Waals surface area contributed by atoms with Crippen molar-refractivity contribution in [3.05, 3.63) is 94.4 Å². The van der Waals surface area contributed by atoms with Gasteiger partial charge in [-0.3, -0.25) is 14.5 Å². The molecule has 3 aromatic carbocycles. The Labute approximate surface area is 301 Å². The molecule has 1 aliphatic heterocycles. The Morgan fingerprint density at radius 3 is 2.42 bits per heavy atom. The molecule has 3 aliphatic rings. The van der Waals surface area contributed by atoms with E-state index in [1.165, 1.54) is 34.2 Å². The van der Waals surface area contributed by atoms with E-state index >= 15 is 0 Å². The van der Waals surface area contributed by atoms with Gasteiger partial charge in [-0.15, -0.1) is 0 Å². The highest BCUT2D eigenvalue weighted by Crippen LogP contribution is 2.43. The molecule has 2 aliphatic carbocycles. The molecular weight excluding hydrogens is 673 g/mol. The molecule has 2 fully saturated rings. The number of nitrogens with two attached hydrogens (primary N) is 1. The number of aliphatic carboxylic acids is 1. The number of likely N-dealkylation sites (tertiary alicyclic amines) is 1. The van der Waals surface area contributed by atoms with Crippen LogP contribution in [0.25, 0.3) is 22.5 Å². The number of carboxylic acid groups (broad SMARTS) is 1. The van der Waals surface area contributed by atoms with Crippen LogP contribution in [0.5, 0.6) is 0 Å². The number of carbonyl (C=O) groups excluding carboxylic acids is 1. The number of aromatic nitrogens is 1. The summed E-state index contributed by atoms with van der Waals surface area (Å²) in [5.41, 5.74) is 12.9. The second kappa shape index (κ2) is 15.5. The summed E-state index contributed by atoms with van der Waals surface area (Å²) in [4.78, 5) is 26.7. The van der Waals surface area contributed by atoms with Crippen LogP contribution in [0, 0.1) is 23.4 Å². The van der Waals surface area contributed by atoms with Gasteiger partial charge in [-0.1, -0.05) is 74.7 Å². The zero-order chi connectivity index (χ0) is 37.2. The lowest BCUT2D eigenvalue weighted by atomic mass is 9.82. The number of hydrogen-bond donors (Lipinski definition) is 3. The van der Waals surface area contributed by atoms with E-state index in [9.17, 15) is 27.9 Å². The molecule has 0 bridgehead atoms. The Hall–Kier alpha value is -4.68. The molecule has 0 radical (unpaired) electrons. The summed E-state index contributed by atoms with van der Waals surface area (Å²) in [6.07, 6.45) is 7.00. The maximum atomic E-state index is 14.0. The van der Waals surface area contributed by atoms with Gasteiger partial charge in [0.15, 0.2) is 11.5 Å². The zero-order valence-electron chi connectivity index (χ0n) is 29.7. The minimum atomic E-state index is -1.19. The van der Waals surface area contributed by atoms with E-state index in [1.54, 1.807) is 7.11 Å². The Morgan fingerprint density at radius 1 is 1.02 bits per heavy atom. The van der Waals surface area contributed by atoms with Crippen molar-refractivity contribution in [1.29, 1.82) is 0 Å². The maximum Gasteiger partial charge on any atom is 0.309 e. The molecule has 4 aromatic rings. The number of amides is 1. The fourth-order valence-corrected chi connectivity index (χ4v) is 7.96. The second-order valence-electron chi connectivity index (χ2n) is 14.6. The van der Waals surface area contributed by atoms with Gasteiger partial charge in [-0.05, 0) is 47.1 Å². The molecule has 4 N–H and O–H groups in total. The molecule has 1 amide bonds. The third-order valence-electron chi connectivity index (χ3n) is 10.6. The third kappa shape index (κ3) is 7.73. The van der Waals surface area contributed by atoms with Gasteiger partial charge in [0.25, 0.3) is 5.91 Å². The highest BCUT2D eigenvalue weighted by Gasteiger charge is 2.38. The second-order valence-corrected chi connectivity index (χ2v) is 14.6. The van der Waals surface area contributed by atoms with Crippen LogP contribution in [-0.4, -0.2) is 65.9 Å². The quantitative estimate of drug-likeness (QED) is 0.142. The Morgan fingerprint density at radius 2 is 1.73 bits per heavy atom. The van der Waals surface area contributed by atoms with Crippen LogP contribution in [0.4, 0.5) is 18.9 Å². The lowest BCUT2D eigenvalue weighted by Gasteiger charge is -2.42. The number of halogens is 3. The van der Waals surface area contributed by atoms with E-state index in [0.717, 1.165) is 43.9 Å². The highest BCUT2D eigenvalue weighted by atomic mass is 19.1. The minimum Gasteiger partial charge on any atom is -0.481 e. The van der Waals surface area contributed by atoms with Gasteiger partial charge < -0.3 is 25.4 Å². The summed E-state index contributed by atoms with van der Waals surface area (Å²) in [5.74, 6) is -6.31. The number of fused-ring (bicyclic) bond motifs is 3. The van der Waals surface area contributed by atoms with E-state index in [-0.39, 0.29) is 16.9 Å². The van der Waals surface area contributed by atoms with Gasteiger partial charge in [0, 0.05) is 68.0 Å². The topological polar surface area (TPSA) is 131 Å². The van der Waals surface area contributed by atoms with Crippen LogP contribution in [0.2, 0.25) is 0 Å². The number of benzene rings is 3. The summed E-state index contributed by atoms with van der Waals surface area (Å²) in [6.45, 7) is 6.05. The van der Waals surface area contributed by atoms with Crippen LogP contribution in [0.1, 0.15) is 79.6 Å². The normalized spacial score (nSPS) is 19.0. The van der Waals surface area contributed by atoms with Crippen molar-refractivity contribution in [3.8, 4) is 22.5 Å². The molecule has 2 heterocycles. The third-order valence-corrected chi connectivity index (χ3v) is 10.6. The Balaban J connectivity index is 0.000000198. The lowest BCUT2D eigenvalue weighted by molar-refractivity contribution is -0.145. The van der Waals surface area contributed by atoms with E-state index < -0.39 is 46.9 Å². The number of rotatable bonds is 8. The number of carbonyl (C=O) groups is 2. The maximum absolute atomic E-state index is 14.0. The number of nitrogens with one attached hydrogen (secondary N) is 1. The average molecular weight is 719 g/mol. The van der Waals surface area contributed by atoms with Gasteiger partial charge in [0.2, 0.25) is 0 Å². The molecule has 52 heavy (non-hydrogen) atoms. The lowest BCUT2D eigenvalue weighted by Crippen LogP contribution is -2.56. The summed E-state index contributed by atoms with van der Waals surface area (Å²) >= 11 is 0. The fraction of sp³-hybridized carbons (Fsp3) is 0.425. The number of nitrogens with zero attached hydrogens (tertiary/aromatic N) is 2. The summed E-state index contributed by atoms with van der Waals surface area (Å²) in [7, 11) is 1.74. The van der Waals surface area contributed by atoms with Crippen LogP contribution in [-0.2, 0) is 21.4 Å². The Kier molecular flexibility index (Phi) is 11.1. The molecule has 0 spiro atoms. The van der Waals surface area contributed by atoms with Gasteiger partial charge >= 0.3 is 5.97 Å². The first kappa shape index (κ1) is 37.1. The number of anilines is 1. The number of hydrogen-bond acceptors (Lipinski definition) is 7. The number of ether oxygens (including phenoxy) is 1. The minimum absolute atomic E-state index is 0.0668. The van der Waals surface area contributed by atoms with Crippen molar-refractivity contribution in [1.82, 2.24) is 15.4 Å². The van der Waals surface area contributed by atoms with Crippen LogP contribution in [0.15, 0.2) is 59.1 Å². The fourth-order valence-electron chi connectivity index (χ4n) is 7.96.